The minimum Gasteiger partial charge on any atom is -0.497 e. The Hall–Kier alpha value is -2.68. The Morgan fingerprint density at radius 2 is 1.88 bits per heavy atom. The molecule has 120 valence electrons. The van der Waals surface area contributed by atoms with Gasteiger partial charge in [-0.25, -0.2) is 0 Å². The minimum atomic E-state index is -0.139. The molecule has 0 spiro atoms. The van der Waals surface area contributed by atoms with Gasteiger partial charge in [0.1, 0.15) is 5.75 Å². The molecule has 4 rings (SSSR count). The van der Waals surface area contributed by atoms with Crippen molar-refractivity contribution in [3.63, 3.8) is 0 Å². The van der Waals surface area contributed by atoms with Gasteiger partial charge in [-0.1, -0.05) is 18.2 Å². The van der Waals surface area contributed by atoms with Crippen LogP contribution in [0.2, 0.25) is 0 Å². The highest BCUT2D eigenvalue weighted by molar-refractivity contribution is 6.15. The van der Waals surface area contributed by atoms with Crippen molar-refractivity contribution in [2.45, 2.75) is 25.8 Å². The smallest absolute Gasteiger partial charge is 0.119 e. The molecular weight excluding hydrogens is 296 g/mol. The lowest BCUT2D eigenvalue weighted by Crippen LogP contribution is -2.29. The molecule has 0 radical (unpaired) electrons. The highest BCUT2D eigenvalue weighted by Gasteiger charge is 2.28. The molecule has 1 aliphatic heterocycles. The summed E-state index contributed by atoms with van der Waals surface area (Å²) in [6.07, 6.45) is 2.83. The Balaban J connectivity index is 1.90. The zero-order valence-electron chi connectivity index (χ0n) is 14.2. The molecule has 2 aromatic carbocycles. The molecule has 1 aliphatic rings. The van der Waals surface area contributed by atoms with E-state index >= 15 is 0 Å². The lowest BCUT2D eigenvalue weighted by Gasteiger charge is -2.29. The number of hydrogen-bond donors (Lipinski definition) is 0. The van der Waals surface area contributed by atoms with Crippen LogP contribution in [0.25, 0.3) is 10.9 Å². The van der Waals surface area contributed by atoms with Crippen LogP contribution in [-0.4, -0.2) is 23.3 Å². The summed E-state index contributed by atoms with van der Waals surface area (Å²) in [5, 5.41) is 1.14. The number of fused-ring (bicyclic) bond motifs is 2. The first-order chi connectivity index (χ1) is 11.6. The van der Waals surface area contributed by atoms with E-state index in [2.05, 4.69) is 43.1 Å². The predicted molar refractivity (Wildman–Crippen MR) is 98.2 cm³/mol. The molecule has 0 atom stereocenters. The van der Waals surface area contributed by atoms with E-state index in [1.54, 1.807) is 7.11 Å². The van der Waals surface area contributed by atoms with Crippen LogP contribution in [0.4, 0.5) is 0 Å². The predicted octanol–water partition coefficient (Wildman–Crippen LogP) is 4.42. The van der Waals surface area contributed by atoms with Crippen LogP contribution < -0.4 is 4.74 Å². The standard InChI is InChI=1S/C21H20N2O/c1-21(2)12-15-11-17(24-3)8-9-18(15)20(23-21)16-10-14-6-4-5-7-19(14)22-13-16/h4-11,13H,12H2,1-3H3. The van der Waals surface area contributed by atoms with Crippen molar-refractivity contribution >= 4 is 16.6 Å². The molecule has 1 aromatic heterocycles. The topological polar surface area (TPSA) is 34.5 Å². The molecule has 0 unspecified atom stereocenters. The van der Waals surface area contributed by atoms with Crippen LogP contribution in [0.15, 0.2) is 59.7 Å². The summed E-state index contributed by atoms with van der Waals surface area (Å²) in [6, 6.07) is 16.6. The molecule has 2 heterocycles. The van der Waals surface area contributed by atoms with Crippen LogP contribution in [0, 0.1) is 0 Å². The zero-order chi connectivity index (χ0) is 16.7. The monoisotopic (exact) mass is 316 g/mol. The highest BCUT2D eigenvalue weighted by atomic mass is 16.5. The second kappa shape index (κ2) is 5.45. The maximum absolute atomic E-state index is 5.39. The van der Waals surface area contributed by atoms with E-state index in [9.17, 15) is 0 Å². The molecule has 0 fully saturated rings. The van der Waals surface area contributed by atoms with Crippen molar-refractivity contribution in [1.29, 1.82) is 0 Å². The van der Waals surface area contributed by atoms with E-state index in [1.807, 2.05) is 30.5 Å². The summed E-state index contributed by atoms with van der Waals surface area (Å²) >= 11 is 0. The minimum absolute atomic E-state index is 0.139. The Morgan fingerprint density at radius 1 is 1.04 bits per heavy atom. The number of hydrogen-bond acceptors (Lipinski definition) is 3. The third-order valence-corrected chi connectivity index (χ3v) is 4.47. The molecule has 3 aromatic rings. The van der Waals surface area contributed by atoms with Gasteiger partial charge in [0.25, 0.3) is 0 Å². The number of benzene rings is 2. The average molecular weight is 316 g/mol. The Kier molecular flexibility index (Phi) is 3.38. The lowest BCUT2D eigenvalue weighted by molar-refractivity contribution is 0.413. The van der Waals surface area contributed by atoms with Gasteiger partial charge >= 0.3 is 0 Å². The van der Waals surface area contributed by atoms with E-state index in [4.69, 9.17) is 9.73 Å². The molecule has 3 heteroatoms. The van der Waals surface area contributed by atoms with Gasteiger partial charge < -0.3 is 4.74 Å². The van der Waals surface area contributed by atoms with Crippen molar-refractivity contribution in [3.05, 3.63) is 71.4 Å². The first-order valence-electron chi connectivity index (χ1n) is 8.18. The van der Waals surface area contributed by atoms with Crippen LogP contribution in [0.5, 0.6) is 5.75 Å². The van der Waals surface area contributed by atoms with Crippen LogP contribution >= 0.6 is 0 Å². The third kappa shape index (κ3) is 2.56. The van der Waals surface area contributed by atoms with Gasteiger partial charge in [-0.15, -0.1) is 0 Å². The van der Waals surface area contributed by atoms with Gasteiger partial charge in [0.2, 0.25) is 0 Å². The Labute approximate surface area is 142 Å². The Morgan fingerprint density at radius 3 is 2.71 bits per heavy atom. The molecule has 0 amide bonds. The molecule has 0 aliphatic carbocycles. The average Bonchev–Trinajstić information content (AvgIpc) is 2.59. The number of pyridine rings is 1. The quantitative estimate of drug-likeness (QED) is 0.701. The van der Waals surface area contributed by atoms with Gasteiger partial charge in [0, 0.05) is 22.7 Å². The maximum atomic E-state index is 5.39. The van der Waals surface area contributed by atoms with Gasteiger partial charge in [-0.05, 0) is 56.2 Å². The van der Waals surface area contributed by atoms with Gasteiger partial charge in [-0.3, -0.25) is 9.98 Å². The summed E-state index contributed by atoms with van der Waals surface area (Å²) in [5.74, 6) is 0.891. The zero-order valence-corrected chi connectivity index (χ0v) is 14.2. The van der Waals surface area contributed by atoms with Crippen LogP contribution in [0.1, 0.15) is 30.5 Å². The molecule has 3 nitrogen and oxygen atoms in total. The largest absolute Gasteiger partial charge is 0.497 e. The van der Waals surface area contributed by atoms with E-state index in [0.29, 0.717) is 0 Å². The van der Waals surface area contributed by atoms with Gasteiger partial charge in [0.05, 0.1) is 23.9 Å². The van der Waals surface area contributed by atoms with Crippen LogP contribution in [-0.2, 0) is 6.42 Å². The van der Waals surface area contributed by atoms with Crippen molar-refractivity contribution in [2.24, 2.45) is 4.99 Å². The SMILES string of the molecule is COc1ccc2c(c1)CC(C)(C)N=C2c1cnc2ccccc2c1. The molecule has 0 saturated carbocycles. The fraction of sp³-hybridized carbons (Fsp3) is 0.238. The summed E-state index contributed by atoms with van der Waals surface area (Å²) in [6.45, 7) is 4.34. The molecule has 0 bridgehead atoms. The van der Waals surface area contributed by atoms with Crippen molar-refractivity contribution in [2.75, 3.05) is 7.11 Å². The first-order valence-corrected chi connectivity index (χ1v) is 8.18. The fourth-order valence-electron chi connectivity index (χ4n) is 3.36. The lowest BCUT2D eigenvalue weighted by atomic mass is 9.85. The molecule has 0 N–H and O–H groups in total. The number of ether oxygens (including phenoxy) is 1. The fourth-order valence-corrected chi connectivity index (χ4v) is 3.36. The summed E-state index contributed by atoms with van der Waals surface area (Å²) in [5.41, 5.74) is 5.40. The van der Waals surface area contributed by atoms with Crippen LogP contribution in [0.3, 0.4) is 0 Å². The third-order valence-electron chi connectivity index (χ3n) is 4.47. The van der Waals surface area contributed by atoms with E-state index in [-0.39, 0.29) is 5.54 Å². The van der Waals surface area contributed by atoms with Crippen molar-refractivity contribution < 1.29 is 4.74 Å². The number of methoxy groups -OCH3 is 1. The number of para-hydroxylation sites is 1. The molecular formula is C21H20N2O. The Bertz CT molecular complexity index is 957. The van der Waals surface area contributed by atoms with E-state index in [1.165, 1.54) is 11.1 Å². The first kappa shape index (κ1) is 14.9. The summed E-state index contributed by atoms with van der Waals surface area (Å²) in [4.78, 5) is 9.63. The number of rotatable bonds is 2. The summed E-state index contributed by atoms with van der Waals surface area (Å²) < 4.78 is 5.39. The molecule has 24 heavy (non-hydrogen) atoms. The normalized spacial score (nSPS) is 15.7. The number of aromatic nitrogens is 1. The second-order valence-corrected chi connectivity index (χ2v) is 6.89. The number of aliphatic imine (C=N–C) groups is 1. The number of nitrogens with zero attached hydrogens (tertiary/aromatic N) is 2. The van der Waals surface area contributed by atoms with Gasteiger partial charge in [-0.2, -0.15) is 0 Å². The highest BCUT2D eigenvalue weighted by Crippen LogP contribution is 2.32. The van der Waals surface area contributed by atoms with E-state index < -0.39 is 0 Å². The summed E-state index contributed by atoms with van der Waals surface area (Å²) in [7, 11) is 1.71. The second-order valence-electron chi connectivity index (χ2n) is 6.89. The van der Waals surface area contributed by atoms with E-state index in [0.717, 1.165) is 34.3 Å². The van der Waals surface area contributed by atoms with Gasteiger partial charge in [0.15, 0.2) is 0 Å². The van der Waals surface area contributed by atoms with Crippen molar-refractivity contribution in [1.82, 2.24) is 4.98 Å². The van der Waals surface area contributed by atoms with Crippen molar-refractivity contribution in [3.8, 4) is 5.75 Å². The maximum Gasteiger partial charge on any atom is 0.119 e. The molecule has 0 saturated heterocycles.